The van der Waals surface area contributed by atoms with E-state index in [9.17, 15) is 14.4 Å². The average molecular weight is 1030 g/mol. The first-order valence-electron chi connectivity index (χ1n) is 26.2. The molecule has 396 valence electrons. The number of nitrogen functional groups attached to an aromatic ring is 1. The van der Waals surface area contributed by atoms with Gasteiger partial charge < -0.3 is 45.2 Å². The summed E-state index contributed by atoms with van der Waals surface area (Å²) in [5.74, 6) is 2.66. The topological polar surface area (TPSA) is 159 Å². The molecule has 3 aromatic heterocycles. The van der Waals surface area contributed by atoms with Crippen molar-refractivity contribution >= 4 is 34.7 Å². The Labute approximate surface area is 481 Å². The van der Waals surface area contributed by atoms with E-state index in [1.165, 1.54) is 49.7 Å². The number of hydrogen-bond donors (Lipinski definition) is 3. The summed E-state index contributed by atoms with van der Waals surface area (Å²) in [6.45, 7) is 22.6. The molecule has 0 bridgehead atoms. The van der Waals surface area contributed by atoms with Crippen molar-refractivity contribution in [3.63, 3.8) is 0 Å². The molecule has 2 unspecified atom stereocenters. The van der Waals surface area contributed by atoms with Gasteiger partial charge in [0.25, 0.3) is 5.91 Å². The van der Waals surface area contributed by atoms with Crippen LogP contribution in [0.2, 0.25) is 0 Å². The van der Waals surface area contributed by atoms with Gasteiger partial charge in [0.2, 0.25) is 11.8 Å². The van der Waals surface area contributed by atoms with Gasteiger partial charge in [-0.05, 0) is 117 Å². The number of anilines is 1. The van der Waals surface area contributed by atoms with E-state index < -0.39 is 0 Å². The minimum atomic E-state index is -0.140. The van der Waals surface area contributed by atoms with Crippen LogP contribution in [0.1, 0.15) is 166 Å². The van der Waals surface area contributed by atoms with Crippen molar-refractivity contribution in [2.75, 3.05) is 39.1 Å². The summed E-state index contributed by atoms with van der Waals surface area (Å²) < 4.78 is 8.71. The number of carbonyl (C=O) groups excluding carboxylic acids is 2. The van der Waals surface area contributed by atoms with Crippen molar-refractivity contribution in [3.8, 4) is 17.0 Å². The molecule has 73 heavy (non-hydrogen) atoms. The largest absolute Gasteiger partial charge is 1.00 e. The zero-order chi connectivity index (χ0) is 51.9. The van der Waals surface area contributed by atoms with E-state index in [-0.39, 0.29) is 82.4 Å². The third kappa shape index (κ3) is 19.8. The number of piperidine rings is 1. The van der Waals surface area contributed by atoms with Gasteiger partial charge in [0.05, 0.1) is 30.8 Å². The molecular weight excluding hydrogens is 940 g/mol. The van der Waals surface area contributed by atoms with E-state index in [0.29, 0.717) is 54.9 Å². The molecule has 5 aromatic rings. The fourth-order valence-corrected chi connectivity index (χ4v) is 8.72. The smallest absolute Gasteiger partial charge is 0.481 e. The molecule has 2 atom stereocenters. The van der Waals surface area contributed by atoms with Crippen LogP contribution in [0.25, 0.3) is 28.2 Å². The summed E-state index contributed by atoms with van der Waals surface area (Å²) in [6, 6.07) is 20.5. The second-order valence-corrected chi connectivity index (χ2v) is 19.1. The van der Waals surface area contributed by atoms with Crippen LogP contribution in [0.3, 0.4) is 0 Å². The van der Waals surface area contributed by atoms with Crippen molar-refractivity contribution < 1.29 is 70.5 Å². The van der Waals surface area contributed by atoms with Crippen LogP contribution >= 0.6 is 0 Å². The minimum absolute atomic E-state index is 0. The van der Waals surface area contributed by atoms with Crippen molar-refractivity contribution in [2.45, 2.75) is 151 Å². The maximum absolute atomic E-state index is 12.9. The summed E-state index contributed by atoms with van der Waals surface area (Å²) in [7, 11) is 3.35. The first kappa shape index (κ1) is 65.0. The zero-order valence-corrected chi connectivity index (χ0v) is 49.9. The van der Waals surface area contributed by atoms with Gasteiger partial charge in [-0.15, -0.1) is 18.2 Å². The van der Waals surface area contributed by atoms with Crippen molar-refractivity contribution in [2.24, 2.45) is 18.9 Å². The first-order valence-corrected chi connectivity index (χ1v) is 26.2. The molecule has 2 saturated heterocycles. The fraction of sp³-hybridized carbons (Fsp3) is 0.525. The standard InChI is InChI=1S/C24H40N2O.C16H17N3O.C15H19N3O3.C3H8.CH3.K/c1-5-8-21(9-6-2)22-10-12-23(13-11-22)24(27)26-16-14-20(15-17-26)18-25-19(4)7-3;1-11(2)4-5-12-10-18-9-8-13(12)14-6-7-15(17)19-16(14)20-3;1-3-10-4-6-12-13(8-10)17(2)15(20)18(12)11-5-7-14(19)16-21-9-11;1-3-2;;/h10-13,19-21,25H,5-9,14-18H2,1-4H3;5-9,11H,1-3H3,(H2,17,19);4,6,8,11H,3,5,7,9H2,1-2H3,(H,16,19);3H2,1-2H3;1H3;/q;-2;;;-1;+1. The van der Waals surface area contributed by atoms with Gasteiger partial charge in [-0.2, -0.15) is 10.5 Å². The van der Waals surface area contributed by atoms with Gasteiger partial charge in [0, 0.05) is 38.2 Å². The number of imidazole rings is 1. The molecule has 2 fully saturated rings. The Bertz CT molecular complexity index is 2470. The minimum Gasteiger partial charge on any atom is -0.481 e. The number of nitrogens with zero attached hydrogens (tertiary/aromatic N) is 5. The van der Waals surface area contributed by atoms with Gasteiger partial charge in [0.1, 0.15) is 5.82 Å². The van der Waals surface area contributed by atoms with Crippen LogP contribution in [-0.2, 0) is 23.1 Å². The number of allylic oxidation sites excluding steroid dienone is 1. The molecule has 7 rings (SSSR count). The first-order chi connectivity index (χ1) is 34.2. The van der Waals surface area contributed by atoms with Gasteiger partial charge in [-0.25, -0.2) is 10.3 Å². The average Bonchev–Trinajstić information content (AvgIpc) is 3.47. The number of likely N-dealkylation sites (tertiary alicyclic amines) is 1. The molecule has 2 aromatic carbocycles. The van der Waals surface area contributed by atoms with Crippen LogP contribution in [0.5, 0.6) is 5.88 Å². The number of nitrogens with one attached hydrogen (secondary N) is 2. The number of fused-ring (bicyclic) bond motifs is 1. The Morgan fingerprint density at radius 3 is 2.22 bits per heavy atom. The number of nitrogens with two attached hydrogens (primary N) is 1. The van der Waals surface area contributed by atoms with Gasteiger partial charge in [-0.1, -0.05) is 105 Å². The summed E-state index contributed by atoms with van der Waals surface area (Å²) in [6.07, 6.45) is 21.2. The Hall–Kier alpha value is -4.15. The number of pyridine rings is 2. The molecule has 14 heteroatoms. The molecule has 0 radical (unpaired) electrons. The third-order valence-corrected chi connectivity index (χ3v) is 13.0. The SMILES string of the molecule is CCC.CCCC(CCC)c1ccc(C(=O)N2CCC(CNC(C)CC)CC2)cc1.CCc1ccc2c(c1)n(C)c(=O)n2C1CCC(=O)NOC1.COc1nc(N)ccc1-c1ccn[c-]c1C=[C-]C(C)C.[CH3-].[K+]. The number of benzene rings is 2. The molecule has 0 aliphatic carbocycles. The maximum Gasteiger partial charge on any atom is 1.00 e. The molecule has 0 spiro atoms. The number of hydroxylamine groups is 1. The van der Waals surface area contributed by atoms with E-state index in [1.807, 2.05) is 53.4 Å². The predicted octanol–water partition coefficient (Wildman–Crippen LogP) is 8.77. The maximum atomic E-state index is 12.9. The van der Waals surface area contributed by atoms with Crippen molar-refractivity contribution in [1.82, 2.24) is 34.8 Å². The quantitative estimate of drug-likeness (QED) is 0.0649. The number of aromatic nitrogens is 4. The van der Waals surface area contributed by atoms with Crippen LogP contribution in [0.4, 0.5) is 5.82 Å². The second-order valence-electron chi connectivity index (χ2n) is 19.1. The van der Waals surface area contributed by atoms with E-state index in [2.05, 4.69) is 107 Å². The number of ether oxygens (including phenoxy) is 1. The molecule has 2 aliphatic rings. The molecule has 0 saturated carbocycles. The number of rotatable bonds is 16. The Morgan fingerprint density at radius 1 is 0.945 bits per heavy atom. The van der Waals surface area contributed by atoms with Gasteiger partial charge in [0.15, 0.2) is 0 Å². The van der Waals surface area contributed by atoms with Gasteiger partial charge in [-0.3, -0.25) is 29.1 Å². The van der Waals surface area contributed by atoms with Crippen molar-refractivity contribution in [1.29, 1.82) is 0 Å². The summed E-state index contributed by atoms with van der Waals surface area (Å²) in [5, 5.41) is 3.61. The van der Waals surface area contributed by atoms with Gasteiger partial charge >= 0.3 is 57.1 Å². The summed E-state index contributed by atoms with van der Waals surface area (Å²) in [4.78, 5) is 52.2. The summed E-state index contributed by atoms with van der Waals surface area (Å²) in [5.41, 5.74) is 15.9. The Morgan fingerprint density at radius 2 is 1.62 bits per heavy atom. The monoisotopic (exact) mass is 1030 g/mol. The van der Waals surface area contributed by atoms with E-state index in [1.54, 1.807) is 35.6 Å². The van der Waals surface area contributed by atoms with Crippen LogP contribution in [0, 0.1) is 31.5 Å². The molecule has 4 N–H and O–H groups in total. The van der Waals surface area contributed by atoms with Crippen LogP contribution < -0.4 is 78.3 Å². The normalized spacial score (nSPS) is 15.1. The molecule has 5 heterocycles. The van der Waals surface area contributed by atoms with Crippen LogP contribution in [0.15, 0.2) is 71.7 Å². The fourth-order valence-electron chi connectivity index (χ4n) is 8.72. The zero-order valence-electron chi connectivity index (χ0n) is 46.8. The number of methoxy groups -OCH3 is 1. The second kappa shape index (κ2) is 34.4. The molecule has 13 nitrogen and oxygen atoms in total. The Balaban J connectivity index is 0.000000364. The number of amides is 2. The number of hydrogen-bond acceptors (Lipinski definition) is 9. The van der Waals surface area contributed by atoms with E-state index in [4.69, 9.17) is 15.3 Å². The van der Waals surface area contributed by atoms with E-state index in [0.717, 1.165) is 72.2 Å². The number of carbonyl (C=O) groups is 2. The predicted molar refractivity (Wildman–Crippen MR) is 296 cm³/mol. The number of aryl methyl sites for hydroxylation is 2. The molecule has 2 aliphatic heterocycles. The Kier molecular flexibility index (Phi) is 30.6. The van der Waals surface area contributed by atoms with Crippen molar-refractivity contribution in [3.05, 3.63) is 119 Å². The summed E-state index contributed by atoms with van der Waals surface area (Å²) >= 11 is 0. The van der Waals surface area contributed by atoms with E-state index >= 15 is 0 Å². The molecular formula is C59H87KN8O5-2. The third-order valence-electron chi connectivity index (χ3n) is 13.0. The van der Waals surface area contributed by atoms with Crippen LogP contribution in [-0.4, -0.2) is 75.2 Å². The molecule has 2 amide bonds.